The van der Waals surface area contributed by atoms with Crippen LogP contribution in [0.15, 0.2) is 29.2 Å². The molecule has 1 aromatic carbocycles. The van der Waals surface area contributed by atoms with Crippen LogP contribution in [0.2, 0.25) is 0 Å². The first-order valence-corrected chi connectivity index (χ1v) is 8.88. The molecule has 0 unspecified atom stereocenters. The van der Waals surface area contributed by atoms with Crippen LogP contribution >= 0.6 is 0 Å². The number of amides is 1. The maximum Gasteiger partial charge on any atom is 0.326 e. The second kappa shape index (κ2) is 7.10. The second-order valence-electron chi connectivity index (χ2n) is 5.43. The molecule has 7 nitrogen and oxygen atoms in total. The molecule has 1 amide bonds. The SMILES string of the molecule is CNS(=O)(=O)c1ccc(CCC(=O)N2CCC[C@@H]2C(=O)O)cc1. The van der Waals surface area contributed by atoms with E-state index in [0.29, 0.717) is 25.8 Å². The van der Waals surface area contributed by atoms with Crippen molar-refractivity contribution in [1.82, 2.24) is 9.62 Å². The smallest absolute Gasteiger partial charge is 0.326 e. The van der Waals surface area contributed by atoms with E-state index in [9.17, 15) is 18.0 Å². The Morgan fingerprint density at radius 1 is 1.30 bits per heavy atom. The summed E-state index contributed by atoms with van der Waals surface area (Å²) in [5, 5.41) is 9.09. The third kappa shape index (κ3) is 4.08. The highest BCUT2D eigenvalue weighted by molar-refractivity contribution is 7.89. The van der Waals surface area contributed by atoms with E-state index in [0.717, 1.165) is 5.56 Å². The van der Waals surface area contributed by atoms with Crippen molar-refractivity contribution >= 4 is 21.9 Å². The van der Waals surface area contributed by atoms with E-state index >= 15 is 0 Å². The van der Waals surface area contributed by atoms with Crippen molar-refractivity contribution in [3.8, 4) is 0 Å². The van der Waals surface area contributed by atoms with Gasteiger partial charge in [0.25, 0.3) is 0 Å². The Kier molecular flexibility index (Phi) is 5.38. The largest absolute Gasteiger partial charge is 0.480 e. The summed E-state index contributed by atoms with van der Waals surface area (Å²) in [5.74, 6) is -1.14. The lowest BCUT2D eigenvalue weighted by molar-refractivity contribution is -0.148. The maximum atomic E-state index is 12.2. The summed E-state index contributed by atoms with van der Waals surface area (Å²) in [6.07, 6.45) is 1.86. The molecule has 2 N–H and O–H groups in total. The molecule has 1 atom stereocenters. The van der Waals surface area contributed by atoms with Crippen LogP contribution in [0.5, 0.6) is 0 Å². The summed E-state index contributed by atoms with van der Waals surface area (Å²) >= 11 is 0. The average molecular weight is 340 g/mol. The second-order valence-corrected chi connectivity index (χ2v) is 7.32. The fraction of sp³-hybridized carbons (Fsp3) is 0.467. The number of carboxylic acids is 1. The van der Waals surface area contributed by atoms with E-state index in [-0.39, 0.29) is 17.2 Å². The lowest BCUT2D eigenvalue weighted by Crippen LogP contribution is -2.40. The third-order valence-electron chi connectivity index (χ3n) is 3.99. The van der Waals surface area contributed by atoms with Gasteiger partial charge in [-0.3, -0.25) is 4.79 Å². The Balaban J connectivity index is 1.96. The number of carboxylic acid groups (broad SMARTS) is 1. The molecule has 1 aliphatic rings. The summed E-state index contributed by atoms with van der Waals surface area (Å²) in [6, 6.07) is 5.58. The van der Waals surface area contributed by atoms with Crippen molar-refractivity contribution in [2.75, 3.05) is 13.6 Å². The lowest BCUT2D eigenvalue weighted by Gasteiger charge is -2.21. The number of benzene rings is 1. The molecule has 2 rings (SSSR count). The van der Waals surface area contributed by atoms with Crippen LogP contribution in [0.3, 0.4) is 0 Å². The first-order valence-electron chi connectivity index (χ1n) is 7.40. The fourth-order valence-electron chi connectivity index (χ4n) is 2.67. The zero-order chi connectivity index (χ0) is 17.0. The maximum absolute atomic E-state index is 12.2. The summed E-state index contributed by atoms with van der Waals surface area (Å²) in [5.41, 5.74) is 0.833. The van der Waals surface area contributed by atoms with Crippen molar-refractivity contribution < 1.29 is 23.1 Å². The van der Waals surface area contributed by atoms with Crippen molar-refractivity contribution in [2.24, 2.45) is 0 Å². The molecule has 1 aromatic rings. The summed E-state index contributed by atoms with van der Waals surface area (Å²) in [4.78, 5) is 24.8. The van der Waals surface area contributed by atoms with Gasteiger partial charge in [0.15, 0.2) is 0 Å². The van der Waals surface area contributed by atoms with Gasteiger partial charge in [0.2, 0.25) is 15.9 Å². The molecule has 0 saturated carbocycles. The van der Waals surface area contributed by atoms with Gasteiger partial charge >= 0.3 is 5.97 Å². The Bertz CT molecular complexity index is 684. The van der Waals surface area contributed by atoms with Crippen LogP contribution in [0, 0.1) is 0 Å². The Morgan fingerprint density at radius 3 is 2.52 bits per heavy atom. The number of carbonyl (C=O) groups excluding carboxylic acids is 1. The molecule has 0 aliphatic carbocycles. The van der Waals surface area contributed by atoms with Crippen LogP contribution in [-0.4, -0.2) is 49.9 Å². The van der Waals surface area contributed by atoms with Crippen molar-refractivity contribution in [1.29, 1.82) is 0 Å². The molecule has 8 heteroatoms. The molecule has 1 saturated heterocycles. The van der Waals surface area contributed by atoms with Crippen molar-refractivity contribution in [3.63, 3.8) is 0 Å². The predicted molar refractivity (Wildman–Crippen MR) is 83.4 cm³/mol. The number of sulfonamides is 1. The minimum absolute atomic E-state index is 0.167. The van der Waals surface area contributed by atoms with Gasteiger partial charge in [-0.1, -0.05) is 12.1 Å². The van der Waals surface area contributed by atoms with Crippen LogP contribution < -0.4 is 4.72 Å². The third-order valence-corrected chi connectivity index (χ3v) is 5.42. The Morgan fingerprint density at radius 2 is 1.96 bits per heavy atom. The minimum Gasteiger partial charge on any atom is -0.480 e. The van der Waals surface area contributed by atoms with Gasteiger partial charge in [-0.25, -0.2) is 17.9 Å². The van der Waals surface area contributed by atoms with Crippen molar-refractivity contribution in [2.45, 2.75) is 36.6 Å². The first-order chi connectivity index (χ1) is 10.8. The van der Waals surface area contributed by atoms with Gasteiger partial charge in [-0.2, -0.15) is 0 Å². The molecule has 23 heavy (non-hydrogen) atoms. The Labute approximate surface area is 135 Å². The number of rotatable bonds is 6. The standard InChI is InChI=1S/C15H20N2O5S/c1-16-23(21,22)12-7-4-11(5-8-12)6-9-14(18)17-10-2-3-13(17)15(19)20/h4-5,7-8,13,16H,2-3,6,9-10H2,1H3,(H,19,20)/t13-/m1/s1. The fourth-order valence-corrected chi connectivity index (χ4v) is 3.40. The average Bonchev–Trinajstić information content (AvgIpc) is 3.03. The Hall–Kier alpha value is -1.93. The van der Waals surface area contributed by atoms with E-state index in [2.05, 4.69) is 4.72 Å². The zero-order valence-electron chi connectivity index (χ0n) is 12.9. The number of hydrogen-bond donors (Lipinski definition) is 2. The first kappa shape index (κ1) is 17.4. The van der Waals surface area contributed by atoms with E-state index in [1.807, 2.05) is 0 Å². The normalized spacial score (nSPS) is 18.1. The van der Waals surface area contributed by atoms with Crippen LogP contribution in [0.4, 0.5) is 0 Å². The topological polar surface area (TPSA) is 104 Å². The number of carbonyl (C=O) groups is 2. The number of nitrogens with one attached hydrogen (secondary N) is 1. The van der Waals surface area contributed by atoms with E-state index < -0.39 is 22.0 Å². The van der Waals surface area contributed by atoms with Crippen LogP contribution in [-0.2, 0) is 26.0 Å². The number of aliphatic carboxylic acids is 1. The minimum atomic E-state index is -3.47. The molecular weight excluding hydrogens is 320 g/mol. The number of hydrogen-bond acceptors (Lipinski definition) is 4. The van der Waals surface area contributed by atoms with Crippen LogP contribution in [0.1, 0.15) is 24.8 Å². The molecule has 1 aliphatic heterocycles. The predicted octanol–water partition coefficient (Wildman–Crippen LogP) is 0.603. The molecule has 0 bridgehead atoms. The number of aryl methyl sites for hydroxylation is 1. The van der Waals surface area contributed by atoms with Gasteiger partial charge in [0, 0.05) is 13.0 Å². The monoisotopic (exact) mass is 340 g/mol. The van der Waals surface area contributed by atoms with Gasteiger partial charge in [-0.15, -0.1) is 0 Å². The quantitative estimate of drug-likeness (QED) is 0.789. The number of likely N-dealkylation sites (tertiary alicyclic amines) is 1. The van der Waals surface area contributed by atoms with Gasteiger partial charge < -0.3 is 10.0 Å². The molecule has 0 spiro atoms. The highest BCUT2D eigenvalue weighted by atomic mass is 32.2. The molecule has 0 radical (unpaired) electrons. The molecule has 126 valence electrons. The van der Waals surface area contributed by atoms with Gasteiger partial charge in [0.05, 0.1) is 4.90 Å². The zero-order valence-corrected chi connectivity index (χ0v) is 13.7. The van der Waals surface area contributed by atoms with E-state index in [1.165, 1.54) is 24.1 Å². The lowest BCUT2D eigenvalue weighted by atomic mass is 10.1. The summed E-state index contributed by atoms with van der Waals surface area (Å²) in [7, 11) is -2.12. The van der Waals surface area contributed by atoms with Crippen LogP contribution in [0.25, 0.3) is 0 Å². The molecular formula is C15H20N2O5S. The van der Waals surface area contributed by atoms with E-state index in [1.54, 1.807) is 12.1 Å². The molecule has 1 fully saturated rings. The molecule has 0 aromatic heterocycles. The highest BCUT2D eigenvalue weighted by Crippen LogP contribution is 2.19. The highest BCUT2D eigenvalue weighted by Gasteiger charge is 2.33. The van der Waals surface area contributed by atoms with Crippen molar-refractivity contribution in [3.05, 3.63) is 29.8 Å². The summed E-state index contributed by atoms with van der Waals surface area (Å²) < 4.78 is 25.5. The van der Waals surface area contributed by atoms with E-state index in [4.69, 9.17) is 5.11 Å². The summed E-state index contributed by atoms with van der Waals surface area (Å²) in [6.45, 7) is 0.481. The van der Waals surface area contributed by atoms with Gasteiger partial charge in [0.1, 0.15) is 6.04 Å². The van der Waals surface area contributed by atoms with Gasteiger partial charge in [-0.05, 0) is 44.0 Å². The molecule has 1 heterocycles. The number of nitrogens with zero attached hydrogens (tertiary/aromatic N) is 1.